The Morgan fingerprint density at radius 1 is 1.23 bits per heavy atom. The number of nitrogens with zero attached hydrogens (tertiary/aromatic N) is 2. The molecule has 1 fully saturated rings. The van der Waals surface area contributed by atoms with E-state index in [-0.39, 0.29) is 24.4 Å². The van der Waals surface area contributed by atoms with Crippen LogP contribution in [-0.4, -0.2) is 28.0 Å². The van der Waals surface area contributed by atoms with Gasteiger partial charge in [0.1, 0.15) is 17.3 Å². The van der Waals surface area contributed by atoms with Gasteiger partial charge in [0.25, 0.3) is 0 Å². The molecular formula is C18H25ClN4O2S. The Morgan fingerprint density at radius 2 is 2.00 bits per heavy atom. The summed E-state index contributed by atoms with van der Waals surface area (Å²) in [6.45, 7) is 0. The van der Waals surface area contributed by atoms with Crippen LogP contribution >= 0.6 is 23.7 Å². The van der Waals surface area contributed by atoms with Crippen molar-refractivity contribution in [2.24, 2.45) is 17.4 Å². The number of amides is 1. The van der Waals surface area contributed by atoms with E-state index in [0.29, 0.717) is 24.3 Å². The van der Waals surface area contributed by atoms with Gasteiger partial charge >= 0.3 is 0 Å². The van der Waals surface area contributed by atoms with E-state index in [1.807, 2.05) is 0 Å². The van der Waals surface area contributed by atoms with Crippen LogP contribution in [-0.2, 0) is 17.6 Å². The van der Waals surface area contributed by atoms with Gasteiger partial charge < -0.3 is 16.2 Å². The first-order chi connectivity index (χ1) is 12.1. The van der Waals surface area contributed by atoms with Gasteiger partial charge in [-0.15, -0.1) is 23.7 Å². The van der Waals surface area contributed by atoms with E-state index in [1.54, 1.807) is 17.7 Å². The minimum absolute atomic E-state index is 0. The number of hydrogen-bond acceptors (Lipinski definition) is 6. The van der Waals surface area contributed by atoms with E-state index in [9.17, 15) is 4.79 Å². The highest BCUT2D eigenvalue weighted by atomic mass is 35.5. The van der Waals surface area contributed by atoms with Crippen LogP contribution in [0.2, 0.25) is 0 Å². The predicted molar refractivity (Wildman–Crippen MR) is 105 cm³/mol. The molecule has 4 rings (SSSR count). The first-order valence-electron chi connectivity index (χ1n) is 9.06. The first kappa shape index (κ1) is 19.3. The molecule has 0 aromatic carbocycles. The van der Waals surface area contributed by atoms with Crippen molar-refractivity contribution in [3.8, 4) is 5.88 Å². The number of rotatable bonds is 4. The highest BCUT2D eigenvalue weighted by molar-refractivity contribution is 7.18. The Kier molecular flexibility index (Phi) is 5.99. The number of aryl methyl sites for hydroxylation is 1. The smallest absolute Gasteiger partial charge is 0.225 e. The summed E-state index contributed by atoms with van der Waals surface area (Å²) in [5.41, 5.74) is 12.7. The first-order valence-corrected chi connectivity index (χ1v) is 9.87. The van der Waals surface area contributed by atoms with Crippen molar-refractivity contribution < 1.29 is 9.53 Å². The maximum absolute atomic E-state index is 11.3. The summed E-state index contributed by atoms with van der Waals surface area (Å²) in [7, 11) is 0. The van der Waals surface area contributed by atoms with Crippen molar-refractivity contribution in [3.63, 3.8) is 0 Å². The zero-order valence-electron chi connectivity index (χ0n) is 14.6. The van der Waals surface area contributed by atoms with Gasteiger partial charge in [-0.25, -0.2) is 9.97 Å². The van der Waals surface area contributed by atoms with Crippen LogP contribution in [0.25, 0.3) is 10.2 Å². The molecular weight excluding hydrogens is 372 g/mol. The number of carbonyl (C=O) groups is 1. The van der Waals surface area contributed by atoms with Crippen molar-refractivity contribution in [2.75, 3.05) is 0 Å². The van der Waals surface area contributed by atoms with Gasteiger partial charge in [0, 0.05) is 17.3 Å². The summed E-state index contributed by atoms with van der Waals surface area (Å²) in [5.74, 6) is 0.783. The van der Waals surface area contributed by atoms with E-state index in [2.05, 4.69) is 9.97 Å². The van der Waals surface area contributed by atoms with Gasteiger partial charge in [-0.1, -0.05) is 0 Å². The van der Waals surface area contributed by atoms with Gasteiger partial charge in [0.05, 0.1) is 5.39 Å². The molecule has 2 aliphatic carbocycles. The number of hydrogen-bond donors (Lipinski definition) is 2. The highest BCUT2D eigenvalue weighted by Crippen LogP contribution is 2.41. The fraction of sp³-hybridized carbons (Fsp3) is 0.611. The number of aromatic nitrogens is 2. The minimum atomic E-state index is -0.223. The Hall–Kier alpha value is -1.44. The largest absolute Gasteiger partial charge is 0.474 e. The molecule has 2 heterocycles. The van der Waals surface area contributed by atoms with Crippen molar-refractivity contribution in [1.29, 1.82) is 0 Å². The maximum atomic E-state index is 11.3. The quantitative estimate of drug-likeness (QED) is 0.826. The fourth-order valence-electron chi connectivity index (χ4n) is 4.06. The van der Waals surface area contributed by atoms with Gasteiger partial charge in [-0.05, 0) is 56.4 Å². The van der Waals surface area contributed by atoms with Crippen LogP contribution in [0.4, 0.5) is 0 Å². The molecule has 0 bridgehead atoms. The number of nitrogens with two attached hydrogens (primary N) is 2. The SMILES string of the molecule is Cl.NC(=O)C[C@@H]1CCc2sc3ncnc(OC4CCC(N)CC4)c3c2C1. The molecule has 8 heteroatoms. The van der Waals surface area contributed by atoms with Crippen LogP contribution < -0.4 is 16.2 Å². The number of ether oxygens (including phenoxy) is 1. The molecule has 0 spiro atoms. The average molecular weight is 397 g/mol. The lowest BCUT2D eigenvalue weighted by Gasteiger charge is -2.27. The van der Waals surface area contributed by atoms with E-state index in [1.165, 1.54) is 10.4 Å². The molecule has 0 saturated heterocycles. The molecule has 2 aromatic rings. The third-order valence-corrected chi connectivity index (χ3v) is 6.60. The zero-order chi connectivity index (χ0) is 17.4. The number of thiophene rings is 1. The Morgan fingerprint density at radius 3 is 2.73 bits per heavy atom. The molecule has 1 saturated carbocycles. The summed E-state index contributed by atoms with van der Waals surface area (Å²) in [6, 6.07) is 0.300. The molecule has 1 amide bonds. The molecule has 1 atom stereocenters. The average Bonchev–Trinajstić information content (AvgIpc) is 2.95. The summed E-state index contributed by atoms with van der Waals surface area (Å²) in [4.78, 5) is 22.5. The third-order valence-electron chi connectivity index (χ3n) is 5.40. The Balaban J connectivity index is 0.00000196. The lowest BCUT2D eigenvalue weighted by atomic mass is 9.85. The van der Waals surface area contributed by atoms with Gasteiger partial charge in [0.2, 0.25) is 11.8 Å². The third kappa shape index (κ3) is 3.94. The monoisotopic (exact) mass is 396 g/mol. The second kappa shape index (κ2) is 8.06. The van der Waals surface area contributed by atoms with E-state index >= 15 is 0 Å². The highest BCUT2D eigenvalue weighted by Gasteiger charge is 2.28. The summed E-state index contributed by atoms with van der Waals surface area (Å²) < 4.78 is 6.27. The summed E-state index contributed by atoms with van der Waals surface area (Å²) in [6.07, 6.45) is 9.01. The molecule has 4 N–H and O–H groups in total. The zero-order valence-corrected chi connectivity index (χ0v) is 16.3. The Labute approximate surface area is 163 Å². The predicted octanol–water partition coefficient (Wildman–Crippen LogP) is 2.74. The van der Waals surface area contributed by atoms with Crippen LogP contribution in [0, 0.1) is 5.92 Å². The molecule has 2 aromatic heterocycles. The molecule has 26 heavy (non-hydrogen) atoms. The van der Waals surface area contributed by atoms with Crippen LogP contribution in [0.15, 0.2) is 6.33 Å². The normalized spacial score (nSPS) is 25.3. The topological polar surface area (TPSA) is 104 Å². The Bertz CT molecular complexity index is 789. The van der Waals surface area contributed by atoms with Crippen LogP contribution in [0.5, 0.6) is 5.88 Å². The van der Waals surface area contributed by atoms with E-state index in [0.717, 1.165) is 55.2 Å². The molecule has 2 aliphatic rings. The molecule has 6 nitrogen and oxygen atoms in total. The van der Waals surface area contributed by atoms with Gasteiger partial charge in [-0.3, -0.25) is 4.79 Å². The maximum Gasteiger partial charge on any atom is 0.225 e. The number of primary amides is 1. The molecule has 0 radical (unpaired) electrons. The lowest BCUT2D eigenvalue weighted by molar-refractivity contribution is -0.119. The number of fused-ring (bicyclic) bond motifs is 3. The van der Waals surface area contributed by atoms with Gasteiger partial charge in [0.15, 0.2) is 0 Å². The van der Waals surface area contributed by atoms with Gasteiger partial charge in [-0.2, -0.15) is 0 Å². The molecule has 0 unspecified atom stereocenters. The van der Waals surface area contributed by atoms with Crippen LogP contribution in [0.3, 0.4) is 0 Å². The van der Waals surface area contributed by atoms with E-state index in [4.69, 9.17) is 16.2 Å². The summed E-state index contributed by atoms with van der Waals surface area (Å²) in [5, 5.41) is 1.05. The second-order valence-corrected chi connectivity index (χ2v) is 8.38. The summed E-state index contributed by atoms with van der Waals surface area (Å²) >= 11 is 1.73. The number of carbonyl (C=O) groups excluding carboxylic acids is 1. The fourth-order valence-corrected chi connectivity index (χ4v) is 5.24. The van der Waals surface area contributed by atoms with Crippen molar-refractivity contribution in [1.82, 2.24) is 9.97 Å². The number of halogens is 1. The van der Waals surface area contributed by atoms with Crippen LogP contribution in [0.1, 0.15) is 49.0 Å². The lowest BCUT2D eigenvalue weighted by Crippen LogP contribution is -2.31. The van der Waals surface area contributed by atoms with Crippen molar-refractivity contribution in [2.45, 2.75) is 63.5 Å². The minimum Gasteiger partial charge on any atom is -0.474 e. The van der Waals surface area contributed by atoms with Crippen molar-refractivity contribution in [3.05, 3.63) is 16.8 Å². The molecule has 0 aliphatic heterocycles. The molecule has 142 valence electrons. The standard InChI is InChI=1S/C18H24N4O2S.ClH/c19-11-2-4-12(5-3-11)24-17-16-13-7-10(8-15(20)23)1-6-14(13)25-18(16)22-9-21-17;/h9-12H,1-8,19H2,(H2,20,23);1H/t10-,11?,12?;/m1./s1. The van der Waals surface area contributed by atoms with Crippen molar-refractivity contribution >= 4 is 39.9 Å². The second-order valence-electron chi connectivity index (χ2n) is 7.30. The van der Waals surface area contributed by atoms with E-state index < -0.39 is 0 Å².